The number of hydrogen-bond acceptors (Lipinski definition) is 3. The lowest BCUT2D eigenvalue weighted by atomic mass is 10.0. The van der Waals surface area contributed by atoms with Gasteiger partial charge in [0.2, 0.25) is 5.95 Å². The van der Waals surface area contributed by atoms with Gasteiger partial charge >= 0.3 is 0 Å². The van der Waals surface area contributed by atoms with Crippen LogP contribution in [-0.4, -0.2) is 24.1 Å². The van der Waals surface area contributed by atoms with Crippen molar-refractivity contribution in [1.29, 1.82) is 0 Å². The van der Waals surface area contributed by atoms with E-state index >= 15 is 0 Å². The van der Waals surface area contributed by atoms with Gasteiger partial charge in [0.15, 0.2) is 11.6 Å². The molecule has 7 aromatic carbocycles. The van der Waals surface area contributed by atoms with E-state index in [4.69, 9.17) is 15.0 Å². The second kappa shape index (κ2) is 14.2. The summed E-state index contributed by atoms with van der Waals surface area (Å²) in [6, 6.07) is 61.4. The number of fused-ring (bicyclic) bond motifs is 7. The second-order valence-corrected chi connectivity index (χ2v) is 14.1. The summed E-state index contributed by atoms with van der Waals surface area (Å²) in [7, 11) is 0. The molecule has 0 unspecified atom stereocenters. The van der Waals surface area contributed by atoms with Gasteiger partial charge in [0.1, 0.15) is 0 Å². The molecule has 10 aromatic rings. The second-order valence-electron chi connectivity index (χ2n) is 14.1. The van der Waals surface area contributed by atoms with Gasteiger partial charge in [0.25, 0.3) is 0 Å². The Morgan fingerprint density at radius 1 is 0.474 bits per heavy atom. The summed E-state index contributed by atoms with van der Waals surface area (Å²) in [6.45, 7) is 6.56. The summed E-state index contributed by atoms with van der Waals surface area (Å²) >= 11 is 0. The number of para-hydroxylation sites is 3. The molecule has 0 saturated heterocycles. The van der Waals surface area contributed by atoms with Gasteiger partial charge in [0, 0.05) is 38.4 Å². The SMILES string of the molecule is C=C(/C=C\C(=C/C)c1ccccc1)c1nc(-c2ccc(-c3ccccc3)cc2)nc(-n2c3ccccc3c3ccc4c5ccccc5n(-c5ccccc5)c4c32)n1. The van der Waals surface area contributed by atoms with Crippen LogP contribution < -0.4 is 0 Å². The molecule has 0 aliphatic carbocycles. The fourth-order valence-corrected chi connectivity index (χ4v) is 7.99. The van der Waals surface area contributed by atoms with Gasteiger partial charge in [-0.15, -0.1) is 0 Å². The van der Waals surface area contributed by atoms with E-state index in [1.54, 1.807) is 0 Å². The minimum absolute atomic E-state index is 0.503. The van der Waals surface area contributed by atoms with E-state index in [9.17, 15) is 0 Å². The molecule has 0 bridgehead atoms. The molecule has 57 heavy (non-hydrogen) atoms. The average molecular weight is 732 g/mol. The van der Waals surface area contributed by atoms with Crippen molar-refractivity contribution in [2.24, 2.45) is 0 Å². The number of aromatic nitrogens is 5. The van der Waals surface area contributed by atoms with Crippen LogP contribution >= 0.6 is 0 Å². The highest BCUT2D eigenvalue weighted by Gasteiger charge is 2.23. The average Bonchev–Trinajstić information content (AvgIpc) is 3.81. The minimum atomic E-state index is 0.503. The van der Waals surface area contributed by atoms with E-state index in [-0.39, 0.29) is 0 Å². The Bertz CT molecular complexity index is 3170. The van der Waals surface area contributed by atoms with Crippen LogP contribution in [0.1, 0.15) is 18.3 Å². The van der Waals surface area contributed by atoms with Crippen LogP contribution in [0.15, 0.2) is 201 Å². The van der Waals surface area contributed by atoms with E-state index in [0.29, 0.717) is 23.2 Å². The molecular weight excluding hydrogens is 695 g/mol. The predicted molar refractivity (Wildman–Crippen MR) is 238 cm³/mol. The van der Waals surface area contributed by atoms with Crippen LogP contribution in [0.2, 0.25) is 0 Å². The van der Waals surface area contributed by atoms with Crippen LogP contribution in [0.4, 0.5) is 0 Å². The smallest absolute Gasteiger partial charge is 0.238 e. The predicted octanol–water partition coefficient (Wildman–Crippen LogP) is 13.1. The van der Waals surface area contributed by atoms with Crippen LogP contribution in [-0.2, 0) is 0 Å². The fourth-order valence-electron chi connectivity index (χ4n) is 7.99. The monoisotopic (exact) mass is 731 g/mol. The van der Waals surface area contributed by atoms with Gasteiger partial charge in [-0.1, -0.05) is 176 Å². The maximum absolute atomic E-state index is 5.31. The first kappa shape index (κ1) is 33.9. The summed E-state index contributed by atoms with van der Waals surface area (Å²) in [5, 5.41) is 4.58. The Kier molecular flexibility index (Phi) is 8.46. The highest BCUT2D eigenvalue weighted by molar-refractivity contribution is 6.23. The number of hydrogen-bond donors (Lipinski definition) is 0. The highest BCUT2D eigenvalue weighted by atomic mass is 15.2. The van der Waals surface area contributed by atoms with Crippen molar-refractivity contribution >= 4 is 54.8 Å². The topological polar surface area (TPSA) is 48.5 Å². The molecule has 0 amide bonds. The van der Waals surface area contributed by atoms with E-state index in [0.717, 1.165) is 71.7 Å². The molecule has 0 aliphatic rings. The van der Waals surface area contributed by atoms with Crippen molar-refractivity contribution in [3.8, 4) is 34.2 Å². The lowest BCUT2D eigenvalue weighted by molar-refractivity contribution is 0.933. The van der Waals surface area contributed by atoms with Gasteiger partial charge in [-0.3, -0.25) is 4.57 Å². The first-order chi connectivity index (χ1) is 28.2. The molecule has 0 radical (unpaired) electrons. The Morgan fingerprint density at radius 3 is 1.65 bits per heavy atom. The van der Waals surface area contributed by atoms with E-state index in [1.165, 1.54) is 5.39 Å². The number of allylic oxidation sites excluding steroid dienone is 5. The summed E-state index contributed by atoms with van der Waals surface area (Å²) < 4.78 is 4.59. The van der Waals surface area contributed by atoms with E-state index < -0.39 is 0 Å². The number of rotatable bonds is 8. The van der Waals surface area contributed by atoms with Gasteiger partial charge in [-0.25, -0.2) is 4.98 Å². The summed E-state index contributed by atoms with van der Waals surface area (Å²) in [6.07, 6.45) is 6.19. The van der Waals surface area contributed by atoms with Crippen molar-refractivity contribution in [3.63, 3.8) is 0 Å². The molecule has 0 N–H and O–H groups in total. The molecule has 0 fully saturated rings. The minimum Gasteiger partial charge on any atom is -0.307 e. The van der Waals surface area contributed by atoms with Crippen LogP contribution in [0.25, 0.3) is 88.9 Å². The third-order valence-corrected chi connectivity index (χ3v) is 10.7. The Hall–Kier alpha value is -7.63. The molecule has 5 heteroatoms. The van der Waals surface area contributed by atoms with Crippen molar-refractivity contribution < 1.29 is 0 Å². The zero-order chi connectivity index (χ0) is 38.3. The summed E-state index contributed by atoms with van der Waals surface area (Å²) in [4.78, 5) is 15.7. The Morgan fingerprint density at radius 2 is 1.00 bits per heavy atom. The Balaban J connectivity index is 1.24. The lowest BCUT2D eigenvalue weighted by Gasteiger charge is -2.13. The van der Waals surface area contributed by atoms with Crippen LogP contribution in [0.5, 0.6) is 0 Å². The molecule has 0 spiro atoms. The number of nitrogens with zero attached hydrogens (tertiary/aromatic N) is 5. The summed E-state index contributed by atoms with van der Waals surface area (Å²) in [5.74, 6) is 1.60. The fraction of sp³-hybridized carbons (Fsp3) is 0.0192. The summed E-state index contributed by atoms with van der Waals surface area (Å²) in [5.41, 5.74) is 11.4. The molecule has 0 atom stereocenters. The largest absolute Gasteiger partial charge is 0.307 e. The maximum atomic E-state index is 5.31. The molecule has 10 rings (SSSR count). The molecule has 0 aliphatic heterocycles. The first-order valence-corrected chi connectivity index (χ1v) is 19.2. The molecular formula is C52H37N5. The van der Waals surface area contributed by atoms with Gasteiger partial charge in [-0.2, -0.15) is 9.97 Å². The zero-order valence-corrected chi connectivity index (χ0v) is 31.4. The number of benzene rings is 7. The van der Waals surface area contributed by atoms with E-state index in [2.05, 4.69) is 192 Å². The van der Waals surface area contributed by atoms with E-state index in [1.807, 2.05) is 25.1 Å². The third-order valence-electron chi connectivity index (χ3n) is 10.7. The van der Waals surface area contributed by atoms with Gasteiger partial charge in [0.05, 0.1) is 22.1 Å². The molecule has 3 aromatic heterocycles. The quantitative estimate of drug-likeness (QED) is 0.146. The normalized spacial score (nSPS) is 12.1. The van der Waals surface area contributed by atoms with Gasteiger partial charge < -0.3 is 4.57 Å². The molecule has 3 heterocycles. The maximum Gasteiger partial charge on any atom is 0.238 e. The lowest BCUT2D eigenvalue weighted by Crippen LogP contribution is -2.08. The van der Waals surface area contributed by atoms with Crippen molar-refractivity contribution in [2.45, 2.75) is 6.92 Å². The zero-order valence-electron chi connectivity index (χ0n) is 31.4. The third kappa shape index (κ3) is 5.94. The van der Waals surface area contributed by atoms with Gasteiger partial charge in [-0.05, 0) is 53.5 Å². The van der Waals surface area contributed by atoms with Crippen molar-refractivity contribution in [3.05, 3.63) is 212 Å². The molecule has 0 saturated carbocycles. The van der Waals surface area contributed by atoms with Crippen LogP contribution in [0.3, 0.4) is 0 Å². The molecule has 5 nitrogen and oxygen atoms in total. The van der Waals surface area contributed by atoms with Crippen molar-refractivity contribution in [1.82, 2.24) is 24.1 Å². The Labute approximate surface area is 330 Å². The standard InChI is InChI=1S/C52H37N5/c1-3-36(37-17-7-4-8-18-37)28-27-35(2)50-53-51(40-31-29-39(30-32-40)38-19-9-5-10-20-38)55-52(54-50)57-47-26-16-14-24-43(47)45-34-33-44-42-23-13-15-25-46(42)56(48(44)49(45)57)41-21-11-6-12-22-41/h3-34H,2H2,1H3/b28-27-,36-3+. The van der Waals surface area contributed by atoms with Crippen molar-refractivity contribution in [2.75, 3.05) is 0 Å². The first-order valence-electron chi connectivity index (χ1n) is 19.2. The van der Waals surface area contributed by atoms with Crippen LogP contribution in [0, 0.1) is 0 Å². The highest BCUT2D eigenvalue weighted by Crippen LogP contribution is 2.41. The molecule has 270 valence electrons.